The van der Waals surface area contributed by atoms with Crippen molar-refractivity contribution in [1.82, 2.24) is 4.90 Å². The van der Waals surface area contributed by atoms with Gasteiger partial charge >= 0.3 is 0 Å². The molecule has 4 nitrogen and oxygen atoms in total. The van der Waals surface area contributed by atoms with Crippen LogP contribution >= 0.6 is 23.2 Å². The van der Waals surface area contributed by atoms with Gasteiger partial charge in [0.15, 0.2) is 6.10 Å². The van der Waals surface area contributed by atoms with Crippen molar-refractivity contribution in [3.63, 3.8) is 0 Å². The highest BCUT2D eigenvalue weighted by Gasteiger charge is 2.28. The first-order valence-electron chi connectivity index (χ1n) is 6.13. The summed E-state index contributed by atoms with van der Waals surface area (Å²) in [6.45, 7) is 2.98. The number of carbonyl (C=O) groups is 1. The number of hydrogen-bond donors (Lipinski definition) is 1. The molecular weight excluding hydrogens is 287 g/mol. The lowest BCUT2D eigenvalue weighted by molar-refractivity contribution is -0.136. The number of likely N-dealkylation sites (tertiary alicyclic amines) is 1. The molecule has 1 heterocycles. The van der Waals surface area contributed by atoms with Gasteiger partial charge in [-0.2, -0.15) is 0 Å². The standard InChI is InChI=1S/C13H16Cl2N2O2/c1-8(13(18)17-3-2-11(16)7-17)19-12-5-9(14)4-10(15)6-12/h4-6,8,11H,2-3,7,16H2,1H3/t8?,11-/m1/s1. The molecule has 1 aliphatic heterocycles. The van der Waals surface area contributed by atoms with Crippen molar-refractivity contribution < 1.29 is 9.53 Å². The van der Waals surface area contributed by atoms with Gasteiger partial charge in [0.05, 0.1) is 0 Å². The normalized spacial score (nSPS) is 20.4. The van der Waals surface area contributed by atoms with E-state index < -0.39 is 6.10 Å². The summed E-state index contributed by atoms with van der Waals surface area (Å²) in [5, 5.41) is 0.954. The summed E-state index contributed by atoms with van der Waals surface area (Å²) in [7, 11) is 0. The number of hydrogen-bond acceptors (Lipinski definition) is 3. The number of halogens is 2. The van der Waals surface area contributed by atoms with E-state index in [1.54, 1.807) is 30.0 Å². The average Bonchev–Trinajstić information content (AvgIpc) is 2.73. The van der Waals surface area contributed by atoms with Gasteiger partial charge in [0.1, 0.15) is 5.75 Å². The van der Waals surface area contributed by atoms with E-state index in [2.05, 4.69) is 0 Å². The number of rotatable bonds is 3. The van der Waals surface area contributed by atoms with E-state index in [1.807, 2.05) is 0 Å². The second kappa shape index (κ2) is 5.99. The van der Waals surface area contributed by atoms with Gasteiger partial charge in [0, 0.05) is 29.2 Å². The molecule has 0 spiro atoms. The Morgan fingerprint density at radius 3 is 2.58 bits per heavy atom. The molecule has 19 heavy (non-hydrogen) atoms. The van der Waals surface area contributed by atoms with Crippen molar-refractivity contribution in [2.75, 3.05) is 13.1 Å². The van der Waals surface area contributed by atoms with Gasteiger partial charge in [-0.05, 0) is 31.5 Å². The van der Waals surface area contributed by atoms with Crippen LogP contribution in [0.2, 0.25) is 10.0 Å². The van der Waals surface area contributed by atoms with Gasteiger partial charge in [0.25, 0.3) is 5.91 Å². The molecule has 1 aromatic carbocycles. The zero-order valence-corrected chi connectivity index (χ0v) is 12.1. The fourth-order valence-electron chi connectivity index (χ4n) is 2.10. The minimum atomic E-state index is -0.583. The smallest absolute Gasteiger partial charge is 0.263 e. The third-order valence-corrected chi connectivity index (χ3v) is 3.47. The monoisotopic (exact) mass is 302 g/mol. The SMILES string of the molecule is CC(Oc1cc(Cl)cc(Cl)c1)C(=O)N1CC[C@@H](N)C1. The first kappa shape index (κ1) is 14.4. The van der Waals surface area contributed by atoms with Crippen LogP contribution in [0.1, 0.15) is 13.3 Å². The van der Waals surface area contributed by atoms with E-state index in [1.165, 1.54) is 0 Å². The maximum absolute atomic E-state index is 12.1. The maximum atomic E-state index is 12.1. The Labute approximate surface area is 122 Å². The van der Waals surface area contributed by atoms with E-state index >= 15 is 0 Å². The van der Waals surface area contributed by atoms with Gasteiger partial charge in [-0.1, -0.05) is 23.2 Å². The van der Waals surface area contributed by atoms with Crippen LogP contribution < -0.4 is 10.5 Å². The topological polar surface area (TPSA) is 55.6 Å². The molecule has 0 aliphatic carbocycles. The summed E-state index contributed by atoms with van der Waals surface area (Å²) in [4.78, 5) is 13.9. The van der Waals surface area contributed by atoms with Crippen LogP contribution in [0.25, 0.3) is 0 Å². The first-order valence-corrected chi connectivity index (χ1v) is 6.88. The van der Waals surface area contributed by atoms with Crippen molar-refractivity contribution in [3.8, 4) is 5.75 Å². The Bertz CT molecular complexity index is 461. The van der Waals surface area contributed by atoms with Crippen molar-refractivity contribution >= 4 is 29.1 Å². The molecule has 0 saturated carbocycles. The fraction of sp³-hybridized carbons (Fsp3) is 0.462. The Morgan fingerprint density at radius 2 is 2.05 bits per heavy atom. The lowest BCUT2D eigenvalue weighted by atomic mass is 10.3. The molecule has 2 N–H and O–H groups in total. The van der Waals surface area contributed by atoms with E-state index in [4.69, 9.17) is 33.7 Å². The maximum Gasteiger partial charge on any atom is 0.263 e. The Morgan fingerprint density at radius 1 is 1.42 bits per heavy atom. The van der Waals surface area contributed by atoms with Crippen LogP contribution in [0.4, 0.5) is 0 Å². The van der Waals surface area contributed by atoms with E-state index in [0.29, 0.717) is 28.9 Å². The molecule has 1 unspecified atom stereocenters. The molecule has 0 bridgehead atoms. The minimum Gasteiger partial charge on any atom is -0.481 e. The van der Waals surface area contributed by atoms with Crippen LogP contribution in [-0.4, -0.2) is 36.0 Å². The van der Waals surface area contributed by atoms with Crippen molar-refractivity contribution in [2.24, 2.45) is 5.73 Å². The van der Waals surface area contributed by atoms with Crippen molar-refractivity contribution in [1.29, 1.82) is 0 Å². The highest BCUT2D eigenvalue weighted by molar-refractivity contribution is 6.34. The minimum absolute atomic E-state index is 0.0657. The molecule has 1 saturated heterocycles. The third kappa shape index (κ3) is 3.75. The molecule has 1 amide bonds. The van der Waals surface area contributed by atoms with Crippen LogP contribution in [0, 0.1) is 0 Å². The highest BCUT2D eigenvalue weighted by atomic mass is 35.5. The lowest BCUT2D eigenvalue weighted by Gasteiger charge is -2.21. The molecule has 0 aromatic heterocycles. The van der Waals surface area contributed by atoms with Crippen LogP contribution in [0.15, 0.2) is 18.2 Å². The van der Waals surface area contributed by atoms with Gasteiger partial charge in [-0.25, -0.2) is 0 Å². The summed E-state index contributed by atoms with van der Waals surface area (Å²) >= 11 is 11.8. The van der Waals surface area contributed by atoms with Crippen molar-refractivity contribution in [3.05, 3.63) is 28.2 Å². The van der Waals surface area contributed by atoms with Crippen LogP contribution in [0.3, 0.4) is 0 Å². The number of amides is 1. The van der Waals surface area contributed by atoms with Crippen molar-refractivity contribution in [2.45, 2.75) is 25.5 Å². The number of nitrogens with two attached hydrogens (primary N) is 1. The summed E-state index contributed by atoms with van der Waals surface area (Å²) in [6.07, 6.45) is 0.251. The number of carbonyl (C=O) groups excluding carboxylic acids is 1. The zero-order valence-electron chi connectivity index (χ0n) is 10.6. The predicted molar refractivity (Wildman–Crippen MR) is 75.7 cm³/mol. The number of nitrogens with zero attached hydrogens (tertiary/aromatic N) is 1. The molecule has 2 atom stereocenters. The summed E-state index contributed by atoms with van der Waals surface area (Å²) < 4.78 is 5.58. The Balaban J connectivity index is 2.00. The third-order valence-electron chi connectivity index (χ3n) is 3.03. The molecule has 2 rings (SSSR count). The molecule has 1 aromatic rings. The molecule has 1 aliphatic rings. The molecule has 0 radical (unpaired) electrons. The number of ether oxygens (including phenoxy) is 1. The fourth-order valence-corrected chi connectivity index (χ4v) is 2.60. The van der Waals surface area contributed by atoms with Crippen LogP contribution in [0.5, 0.6) is 5.75 Å². The van der Waals surface area contributed by atoms with Gasteiger partial charge in [-0.3, -0.25) is 4.79 Å². The highest BCUT2D eigenvalue weighted by Crippen LogP contribution is 2.25. The average molecular weight is 303 g/mol. The van der Waals surface area contributed by atoms with Crippen LogP contribution in [-0.2, 0) is 4.79 Å². The lowest BCUT2D eigenvalue weighted by Crippen LogP contribution is -2.40. The Hall–Kier alpha value is -0.970. The summed E-state index contributed by atoms with van der Waals surface area (Å²) in [5.41, 5.74) is 5.79. The van der Waals surface area contributed by atoms with E-state index in [9.17, 15) is 4.79 Å². The number of benzene rings is 1. The quantitative estimate of drug-likeness (QED) is 0.932. The van der Waals surface area contributed by atoms with Gasteiger partial charge < -0.3 is 15.4 Å². The van der Waals surface area contributed by atoms with E-state index in [0.717, 1.165) is 6.42 Å². The predicted octanol–water partition coefficient (Wildman–Crippen LogP) is 2.32. The largest absolute Gasteiger partial charge is 0.481 e. The molecule has 1 fully saturated rings. The van der Waals surface area contributed by atoms with E-state index in [-0.39, 0.29) is 11.9 Å². The second-order valence-corrected chi connectivity index (χ2v) is 5.57. The summed E-state index contributed by atoms with van der Waals surface area (Å²) in [6, 6.07) is 4.94. The van der Waals surface area contributed by atoms with Gasteiger partial charge in [0.2, 0.25) is 0 Å². The Kier molecular flexibility index (Phi) is 4.55. The molecule has 104 valence electrons. The van der Waals surface area contributed by atoms with Gasteiger partial charge in [-0.15, -0.1) is 0 Å². The molecule has 6 heteroatoms. The first-order chi connectivity index (χ1) is 8.95. The summed E-state index contributed by atoms with van der Waals surface area (Å²) in [5.74, 6) is 0.422. The zero-order chi connectivity index (χ0) is 14.0. The molecular formula is C13H16Cl2N2O2. The second-order valence-electron chi connectivity index (χ2n) is 4.70.